The van der Waals surface area contributed by atoms with Gasteiger partial charge in [-0.25, -0.2) is 0 Å². The second-order valence-electron chi connectivity index (χ2n) is 6.85. The molecule has 4 heteroatoms. The fourth-order valence-electron chi connectivity index (χ4n) is 3.67. The first-order valence-corrected chi connectivity index (χ1v) is 9.73. The molecule has 0 saturated heterocycles. The van der Waals surface area contributed by atoms with Crippen LogP contribution < -0.4 is 4.90 Å². The zero-order valence-electron chi connectivity index (χ0n) is 16.3. The van der Waals surface area contributed by atoms with Crippen LogP contribution in [0.4, 0.5) is 5.69 Å². The first-order valence-electron chi connectivity index (χ1n) is 9.73. The quantitative estimate of drug-likeness (QED) is 0.590. The lowest BCUT2D eigenvalue weighted by molar-refractivity contribution is -0.137. The molecule has 3 aromatic rings. The van der Waals surface area contributed by atoms with Crippen LogP contribution in [0.25, 0.3) is 5.57 Å². The lowest BCUT2D eigenvalue weighted by Gasteiger charge is -2.25. The molecule has 2 amide bonds. The molecule has 4 nitrogen and oxygen atoms in total. The highest BCUT2D eigenvalue weighted by molar-refractivity contribution is 6.36. The van der Waals surface area contributed by atoms with Crippen LogP contribution in [0.2, 0.25) is 0 Å². The van der Waals surface area contributed by atoms with E-state index in [1.807, 2.05) is 103 Å². The number of carbonyl (C=O) groups excluding carboxylic acids is 2. The number of hydrogen-bond donors (Lipinski definition) is 0. The summed E-state index contributed by atoms with van der Waals surface area (Å²) < 4.78 is 0. The van der Waals surface area contributed by atoms with E-state index in [1.165, 1.54) is 4.90 Å². The Labute approximate surface area is 170 Å². The molecule has 0 bridgehead atoms. The van der Waals surface area contributed by atoms with Crippen molar-refractivity contribution in [3.05, 3.63) is 108 Å². The molecule has 0 fully saturated rings. The number of nitrogens with zero attached hydrogens (tertiary/aromatic N) is 2. The second kappa shape index (κ2) is 8.15. The largest absolute Gasteiger partial charge is 0.337 e. The number of benzene rings is 3. The maximum absolute atomic E-state index is 13.5. The predicted molar refractivity (Wildman–Crippen MR) is 115 cm³/mol. The van der Waals surface area contributed by atoms with Crippen molar-refractivity contribution in [1.29, 1.82) is 0 Å². The first kappa shape index (κ1) is 18.7. The van der Waals surface area contributed by atoms with Crippen molar-refractivity contribution < 1.29 is 9.59 Å². The second-order valence-corrected chi connectivity index (χ2v) is 6.85. The van der Waals surface area contributed by atoms with Crippen LogP contribution in [0.1, 0.15) is 18.1 Å². The fourth-order valence-corrected chi connectivity index (χ4v) is 3.67. The van der Waals surface area contributed by atoms with Crippen molar-refractivity contribution in [2.24, 2.45) is 0 Å². The van der Waals surface area contributed by atoms with Crippen LogP contribution in [-0.4, -0.2) is 23.3 Å². The molecule has 4 rings (SSSR count). The zero-order valence-corrected chi connectivity index (χ0v) is 16.3. The van der Waals surface area contributed by atoms with Gasteiger partial charge in [-0.15, -0.1) is 0 Å². The van der Waals surface area contributed by atoms with Crippen molar-refractivity contribution in [3.8, 4) is 0 Å². The number of anilines is 1. The highest BCUT2D eigenvalue weighted by atomic mass is 16.2. The van der Waals surface area contributed by atoms with Crippen molar-refractivity contribution in [2.75, 3.05) is 11.4 Å². The lowest BCUT2D eigenvalue weighted by Crippen LogP contribution is -2.34. The topological polar surface area (TPSA) is 40.6 Å². The van der Waals surface area contributed by atoms with Crippen LogP contribution in [0.15, 0.2) is 96.7 Å². The molecule has 0 N–H and O–H groups in total. The van der Waals surface area contributed by atoms with E-state index in [1.54, 1.807) is 0 Å². The summed E-state index contributed by atoms with van der Waals surface area (Å²) in [6.45, 7) is 2.82. The number of carbonyl (C=O) groups is 2. The van der Waals surface area contributed by atoms with Gasteiger partial charge in [0.2, 0.25) is 0 Å². The van der Waals surface area contributed by atoms with E-state index in [0.717, 1.165) is 16.8 Å². The van der Waals surface area contributed by atoms with E-state index < -0.39 is 0 Å². The number of amides is 2. The number of para-hydroxylation sites is 1. The summed E-state index contributed by atoms with van der Waals surface area (Å²) in [5, 5.41) is 0. The highest BCUT2D eigenvalue weighted by Gasteiger charge is 2.41. The minimum atomic E-state index is -0.261. The lowest BCUT2D eigenvalue weighted by atomic mass is 10.0. The van der Waals surface area contributed by atoms with Crippen molar-refractivity contribution in [3.63, 3.8) is 0 Å². The zero-order chi connectivity index (χ0) is 20.2. The fraction of sp³-hybridized carbons (Fsp3) is 0.120. The van der Waals surface area contributed by atoms with Gasteiger partial charge in [-0.3, -0.25) is 14.5 Å². The Morgan fingerprint density at radius 2 is 1.28 bits per heavy atom. The maximum atomic E-state index is 13.5. The standard InChI is InChI=1S/C25H22N2O2/c1-2-26(21-16-10-5-11-17-21)23-22(20-14-8-4-9-15-20)24(28)27(25(23)29)18-19-12-6-3-7-13-19/h3-17H,2,18H2,1H3. The summed E-state index contributed by atoms with van der Waals surface area (Å²) in [6.07, 6.45) is 0. The van der Waals surface area contributed by atoms with E-state index in [2.05, 4.69) is 0 Å². The Kier molecular flexibility index (Phi) is 5.25. The summed E-state index contributed by atoms with van der Waals surface area (Å²) in [4.78, 5) is 30.2. The minimum Gasteiger partial charge on any atom is -0.337 e. The highest BCUT2D eigenvalue weighted by Crippen LogP contribution is 2.34. The van der Waals surface area contributed by atoms with E-state index in [4.69, 9.17) is 0 Å². The summed E-state index contributed by atoms with van der Waals surface area (Å²) in [5.74, 6) is -0.516. The molecule has 0 spiro atoms. The summed E-state index contributed by atoms with van der Waals surface area (Å²) in [7, 11) is 0. The number of hydrogen-bond acceptors (Lipinski definition) is 3. The number of likely N-dealkylation sites (N-methyl/N-ethyl adjacent to an activating group) is 1. The third kappa shape index (κ3) is 3.57. The number of imide groups is 1. The SMILES string of the molecule is CCN(C1=C(c2ccccc2)C(=O)N(Cc2ccccc2)C1=O)c1ccccc1. The van der Waals surface area contributed by atoms with Gasteiger partial charge in [0.15, 0.2) is 0 Å². The first-order chi connectivity index (χ1) is 14.2. The van der Waals surface area contributed by atoms with E-state index >= 15 is 0 Å². The van der Waals surface area contributed by atoms with Gasteiger partial charge in [-0.05, 0) is 30.2 Å². The third-order valence-corrected chi connectivity index (χ3v) is 5.04. The molecule has 0 aromatic heterocycles. The molecule has 1 aliphatic rings. The Morgan fingerprint density at radius 1 is 0.724 bits per heavy atom. The Balaban J connectivity index is 1.82. The van der Waals surface area contributed by atoms with Crippen LogP contribution >= 0.6 is 0 Å². The average Bonchev–Trinajstić information content (AvgIpc) is 3.01. The molecule has 29 heavy (non-hydrogen) atoms. The van der Waals surface area contributed by atoms with Gasteiger partial charge in [-0.2, -0.15) is 0 Å². The molecule has 1 aliphatic heterocycles. The van der Waals surface area contributed by atoms with E-state index in [0.29, 0.717) is 17.8 Å². The van der Waals surface area contributed by atoms with Crippen LogP contribution in [0.3, 0.4) is 0 Å². The smallest absolute Gasteiger partial charge is 0.278 e. The monoisotopic (exact) mass is 382 g/mol. The van der Waals surface area contributed by atoms with Gasteiger partial charge in [0.25, 0.3) is 11.8 Å². The molecule has 144 valence electrons. The van der Waals surface area contributed by atoms with Gasteiger partial charge >= 0.3 is 0 Å². The number of rotatable bonds is 6. The van der Waals surface area contributed by atoms with E-state index in [-0.39, 0.29) is 18.4 Å². The third-order valence-electron chi connectivity index (χ3n) is 5.04. The van der Waals surface area contributed by atoms with Gasteiger partial charge in [-0.1, -0.05) is 78.9 Å². The Morgan fingerprint density at radius 3 is 1.86 bits per heavy atom. The minimum absolute atomic E-state index is 0.255. The van der Waals surface area contributed by atoms with E-state index in [9.17, 15) is 9.59 Å². The van der Waals surface area contributed by atoms with Crippen LogP contribution in [0.5, 0.6) is 0 Å². The van der Waals surface area contributed by atoms with Crippen molar-refractivity contribution in [2.45, 2.75) is 13.5 Å². The summed E-state index contributed by atoms with van der Waals surface area (Å²) in [6, 6.07) is 28.7. The molecule has 0 atom stereocenters. The maximum Gasteiger partial charge on any atom is 0.278 e. The molecular formula is C25H22N2O2. The Hall–Kier alpha value is -3.66. The van der Waals surface area contributed by atoms with Crippen LogP contribution in [-0.2, 0) is 16.1 Å². The molecule has 0 saturated carbocycles. The molecule has 1 heterocycles. The van der Waals surface area contributed by atoms with Crippen LogP contribution in [0, 0.1) is 0 Å². The average molecular weight is 382 g/mol. The van der Waals surface area contributed by atoms with Gasteiger partial charge < -0.3 is 4.90 Å². The normalized spacial score (nSPS) is 13.9. The van der Waals surface area contributed by atoms with Gasteiger partial charge in [0, 0.05) is 12.2 Å². The van der Waals surface area contributed by atoms with Gasteiger partial charge in [0.05, 0.1) is 12.1 Å². The summed E-state index contributed by atoms with van der Waals surface area (Å²) >= 11 is 0. The Bertz CT molecular complexity index is 1040. The van der Waals surface area contributed by atoms with Crippen molar-refractivity contribution in [1.82, 2.24) is 4.90 Å². The van der Waals surface area contributed by atoms with Crippen molar-refractivity contribution >= 4 is 23.1 Å². The molecule has 0 aliphatic carbocycles. The molecule has 0 unspecified atom stereocenters. The summed E-state index contributed by atoms with van der Waals surface area (Å²) in [5.41, 5.74) is 3.46. The predicted octanol–water partition coefficient (Wildman–Crippen LogP) is 4.49. The van der Waals surface area contributed by atoms with Gasteiger partial charge in [0.1, 0.15) is 5.70 Å². The molecular weight excluding hydrogens is 360 g/mol. The molecule has 0 radical (unpaired) electrons. The molecule has 3 aromatic carbocycles.